The third kappa shape index (κ3) is 3.86. The van der Waals surface area contributed by atoms with Crippen LogP contribution in [0, 0.1) is 0 Å². The van der Waals surface area contributed by atoms with Gasteiger partial charge >= 0.3 is 0 Å². The Bertz CT molecular complexity index is 348. The van der Waals surface area contributed by atoms with Crippen molar-refractivity contribution in [3.63, 3.8) is 0 Å². The molecule has 1 rings (SSSR count). The predicted molar refractivity (Wildman–Crippen MR) is 64.4 cm³/mol. The molecule has 1 heterocycles. The van der Waals surface area contributed by atoms with Gasteiger partial charge in [-0.25, -0.2) is 4.98 Å². The minimum atomic E-state index is -0.458. The number of hydrogen-bond donors (Lipinski definition) is 2. The molecular weight excluding hydrogens is 204 g/mol. The second-order valence-corrected chi connectivity index (χ2v) is 4.10. The summed E-state index contributed by atoms with van der Waals surface area (Å²) >= 11 is 0. The van der Waals surface area contributed by atoms with Gasteiger partial charge in [-0.3, -0.25) is 4.79 Å². The molecule has 0 aliphatic carbocycles. The van der Waals surface area contributed by atoms with Gasteiger partial charge in [0.1, 0.15) is 5.82 Å². The number of nitrogens with two attached hydrogens (primary N) is 1. The lowest BCUT2D eigenvalue weighted by Gasteiger charge is -2.18. The van der Waals surface area contributed by atoms with E-state index in [2.05, 4.69) is 22.1 Å². The first-order chi connectivity index (χ1) is 7.49. The molecule has 0 radical (unpaired) electrons. The molecular formula is C11H18N4O. The van der Waals surface area contributed by atoms with Crippen LogP contribution in [0.2, 0.25) is 0 Å². The van der Waals surface area contributed by atoms with Gasteiger partial charge in [-0.05, 0) is 33.2 Å². The Hall–Kier alpha value is -1.62. The lowest BCUT2D eigenvalue weighted by atomic mass is 10.2. The molecule has 0 fully saturated rings. The molecule has 88 valence electrons. The number of pyridine rings is 1. The summed E-state index contributed by atoms with van der Waals surface area (Å²) < 4.78 is 0. The summed E-state index contributed by atoms with van der Waals surface area (Å²) in [6.07, 6.45) is 1.48. The molecule has 0 aliphatic rings. The van der Waals surface area contributed by atoms with E-state index in [0.717, 1.165) is 12.4 Å². The van der Waals surface area contributed by atoms with Crippen LogP contribution in [0.3, 0.4) is 0 Å². The standard InChI is InChI=1S/C11H18N4O/c1-8(7-15(2)3)14-10-5-4-9(6-13-10)11(12)16/h4-6,8H,7H2,1-3H3,(H2,12,16)(H,13,14). The summed E-state index contributed by atoms with van der Waals surface area (Å²) in [6.45, 7) is 2.99. The fourth-order valence-corrected chi connectivity index (χ4v) is 1.47. The van der Waals surface area contributed by atoms with E-state index in [4.69, 9.17) is 5.73 Å². The third-order valence-electron chi connectivity index (χ3n) is 2.08. The number of likely N-dealkylation sites (N-methyl/N-ethyl adjacent to an activating group) is 1. The second-order valence-electron chi connectivity index (χ2n) is 4.10. The van der Waals surface area contributed by atoms with E-state index in [1.54, 1.807) is 12.1 Å². The van der Waals surface area contributed by atoms with Crippen LogP contribution in [-0.4, -0.2) is 42.5 Å². The van der Waals surface area contributed by atoms with Crippen molar-refractivity contribution in [1.82, 2.24) is 9.88 Å². The van der Waals surface area contributed by atoms with Crippen molar-refractivity contribution in [3.05, 3.63) is 23.9 Å². The molecule has 0 saturated carbocycles. The fourth-order valence-electron chi connectivity index (χ4n) is 1.47. The maximum atomic E-state index is 10.8. The van der Waals surface area contributed by atoms with Gasteiger partial charge in [0.05, 0.1) is 5.56 Å². The van der Waals surface area contributed by atoms with E-state index in [0.29, 0.717) is 11.6 Å². The van der Waals surface area contributed by atoms with Gasteiger partial charge < -0.3 is 16.0 Å². The van der Waals surface area contributed by atoms with Crippen molar-refractivity contribution < 1.29 is 4.79 Å². The van der Waals surface area contributed by atoms with Gasteiger partial charge in [0.2, 0.25) is 5.91 Å². The molecule has 0 saturated heterocycles. The number of carbonyl (C=O) groups excluding carboxylic acids is 1. The maximum absolute atomic E-state index is 10.8. The molecule has 1 aromatic rings. The van der Waals surface area contributed by atoms with E-state index in [1.165, 1.54) is 6.20 Å². The Kier molecular flexibility index (Phi) is 4.25. The average Bonchev–Trinajstić information content (AvgIpc) is 2.16. The van der Waals surface area contributed by atoms with Crippen molar-refractivity contribution >= 4 is 11.7 Å². The normalized spacial score (nSPS) is 12.5. The highest BCUT2D eigenvalue weighted by molar-refractivity contribution is 5.92. The topological polar surface area (TPSA) is 71.2 Å². The number of hydrogen-bond acceptors (Lipinski definition) is 4. The Labute approximate surface area is 95.7 Å². The van der Waals surface area contributed by atoms with E-state index < -0.39 is 5.91 Å². The largest absolute Gasteiger partial charge is 0.366 e. The van der Waals surface area contributed by atoms with Gasteiger partial charge in [-0.2, -0.15) is 0 Å². The van der Waals surface area contributed by atoms with Crippen LogP contribution >= 0.6 is 0 Å². The van der Waals surface area contributed by atoms with Crippen LogP contribution in [0.1, 0.15) is 17.3 Å². The smallest absolute Gasteiger partial charge is 0.250 e. The summed E-state index contributed by atoms with van der Waals surface area (Å²) in [5.74, 6) is 0.291. The molecule has 5 heteroatoms. The molecule has 0 aromatic carbocycles. The van der Waals surface area contributed by atoms with E-state index in [-0.39, 0.29) is 0 Å². The minimum Gasteiger partial charge on any atom is -0.366 e. The Morgan fingerprint density at radius 2 is 2.25 bits per heavy atom. The monoisotopic (exact) mass is 222 g/mol. The average molecular weight is 222 g/mol. The number of rotatable bonds is 5. The number of nitrogens with one attached hydrogen (secondary N) is 1. The Balaban J connectivity index is 2.58. The summed E-state index contributed by atoms with van der Waals surface area (Å²) in [4.78, 5) is 17.0. The minimum absolute atomic E-state index is 0.293. The lowest BCUT2D eigenvalue weighted by Crippen LogP contribution is -2.29. The SMILES string of the molecule is CC(CN(C)C)Nc1ccc(C(N)=O)cn1. The van der Waals surface area contributed by atoms with Gasteiger partial charge in [-0.15, -0.1) is 0 Å². The molecule has 1 unspecified atom stereocenters. The number of carbonyl (C=O) groups is 1. The first-order valence-corrected chi connectivity index (χ1v) is 5.16. The van der Waals surface area contributed by atoms with Gasteiger partial charge in [0, 0.05) is 18.8 Å². The highest BCUT2D eigenvalue weighted by Crippen LogP contribution is 2.06. The van der Waals surface area contributed by atoms with E-state index in [1.807, 2.05) is 14.1 Å². The molecule has 1 atom stereocenters. The maximum Gasteiger partial charge on any atom is 0.250 e. The van der Waals surface area contributed by atoms with Crippen molar-refractivity contribution in [2.24, 2.45) is 5.73 Å². The van der Waals surface area contributed by atoms with E-state index in [9.17, 15) is 4.79 Å². The lowest BCUT2D eigenvalue weighted by molar-refractivity contribution is 0.1000. The summed E-state index contributed by atoms with van der Waals surface area (Å²) in [5, 5.41) is 3.23. The van der Waals surface area contributed by atoms with E-state index >= 15 is 0 Å². The third-order valence-corrected chi connectivity index (χ3v) is 2.08. The molecule has 5 nitrogen and oxygen atoms in total. The van der Waals surface area contributed by atoms with Crippen LogP contribution in [0.25, 0.3) is 0 Å². The van der Waals surface area contributed by atoms with Crippen LogP contribution in [0.5, 0.6) is 0 Å². The van der Waals surface area contributed by atoms with Gasteiger partial charge in [-0.1, -0.05) is 0 Å². The molecule has 3 N–H and O–H groups in total. The highest BCUT2D eigenvalue weighted by Gasteiger charge is 2.05. The predicted octanol–water partition coefficient (Wildman–Crippen LogP) is 0.542. The van der Waals surface area contributed by atoms with Gasteiger partial charge in [0.15, 0.2) is 0 Å². The number of nitrogens with zero attached hydrogens (tertiary/aromatic N) is 2. The summed E-state index contributed by atoms with van der Waals surface area (Å²) in [6, 6.07) is 3.72. The van der Waals surface area contributed by atoms with Crippen molar-refractivity contribution in [2.45, 2.75) is 13.0 Å². The number of anilines is 1. The van der Waals surface area contributed by atoms with Crippen LogP contribution in [0.4, 0.5) is 5.82 Å². The first-order valence-electron chi connectivity index (χ1n) is 5.16. The number of amides is 1. The first kappa shape index (κ1) is 12.4. The molecule has 0 spiro atoms. The van der Waals surface area contributed by atoms with Crippen LogP contribution < -0.4 is 11.1 Å². The van der Waals surface area contributed by atoms with Crippen molar-refractivity contribution in [1.29, 1.82) is 0 Å². The fraction of sp³-hybridized carbons (Fsp3) is 0.455. The zero-order valence-corrected chi connectivity index (χ0v) is 9.90. The Morgan fingerprint density at radius 1 is 1.56 bits per heavy atom. The molecule has 0 bridgehead atoms. The second kappa shape index (κ2) is 5.46. The zero-order chi connectivity index (χ0) is 12.1. The van der Waals surface area contributed by atoms with Crippen LogP contribution in [0.15, 0.2) is 18.3 Å². The molecule has 16 heavy (non-hydrogen) atoms. The summed E-state index contributed by atoms with van der Waals surface area (Å²) in [7, 11) is 4.03. The highest BCUT2D eigenvalue weighted by atomic mass is 16.1. The van der Waals surface area contributed by atoms with Crippen LogP contribution in [-0.2, 0) is 0 Å². The number of primary amides is 1. The quantitative estimate of drug-likeness (QED) is 0.763. The summed E-state index contributed by atoms with van der Waals surface area (Å²) in [5.41, 5.74) is 5.55. The van der Waals surface area contributed by atoms with Crippen molar-refractivity contribution in [2.75, 3.05) is 26.0 Å². The zero-order valence-electron chi connectivity index (χ0n) is 9.90. The Morgan fingerprint density at radius 3 is 2.69 bits per heavy atom. The van der Waals surface area contributed by atoms with Crippen molar-refractivity contribution in [3.8, 4) is 0 Å². The molecule has 1 aromatic heterocycles. The van der Waals surface area contributed by atoms with Gasteiger partial charge in [0.25, 0.3) is 0 Å². The molecule has 0 aliphatic heterocycles. The number of aromatic nitrogens is 1. The molecule has 1 amide bonds.